The van der Waals surface area contributed by atoms with Gasteiger partial charge in [-0.1, -0.05) is 78.9 Å². The van der Waals surface area contributed by atoms with Crippen LogP contribution in [0.2, 0.25) is 0 Å². The van der Waals surface area contributed by atoms with Crippen LogP contribution in [0.25, 0.3) is 0 Å². The maximum atomic E-state index is 13.5. The Bertz CT molecular complexity index is 1340. The summed E-state index contributed by atoms with van der Waals surface area (Å²) >= 11 is 0. The molecule has 0 aliphatic heterocycles. The molecule has 33 heavy (non-hydrogen) atoms. The molecule has 0 spiro atoms. The van der Waals surface area contributed by atoms with Crippen LogP contribution >= 0.6 is 0 Å². The Morgan fingerprint density at radius 1 is 0.788 bits per heavy atom. The molecule has 4 nitrogen and oxygen atoms in total. The van der Waals surface area contributed by atoms with Crippen LogP contribution in [0.4, 0.5) is 13.2 Å². The Morgan fingerprint density at radius 2 is 1.30 bits per heavy atom. The second-order valence-corrected chi connectivity index (χ2v) is 7.77. The fourth-order valence-electron chi connectivity index (χ4n) is 3.97. The highest BCUT2D eigenvalue weighted by Gasteiger charge is 2.33. The lowest BCUT2D eigenvalue weighted by atomic mass is 9.98. The molecule has 7 heteroatoms. The first-order valence-electron chi connectivity index (χ1n) is 10.3. The second kappa shape index (κ2) is 8.94. The minimum absolute atomic E-state index is 0.141. The summed E-state index contributed by atoms with van der Waals surface area (Å²) in [6, 6.07) is 23.0. The molecule has 0 saturated heterocycles. The Balaban J connectivity index is 1.92. The van der Waals surface area contributed by atoms with Crippen LogP contribution in [-0.4, -0.2) is 9.13 Å². The number of rotatable bonds is 5. The Labute approximate surface area is 188 Å². The van der Waals surface area contributed by atoms with E-state index >= 15 is 0 Å². The van der Waals surface area contributed by atoms with Crippen molar-refractivity contribution in [2.45, 2.75) is 25.7 Å². The molecule has 0 fully saturated rings. The van der Waals surface area contributed by atoms with Gasteiger partial charge >= 0.3 is 11.9 Å². The first-order chi connectivity index (χ1) is 15.8. The van der Waals surface area contributed by atoms with E-state index in [-0.39, 0.29) is 11.1 Å². The quantitative estimate of drug-likeness (QED) is 0.428. The van der Waals surface area contributed by atoms with Crippen molar-refractivity contribution in [3.05, 3.63) is 140 Å². The van der Waals surface area contributed by atoms with Crippen molar-refractivity contribution in [1.29, 1.82) is 0 Å². The molecule has 0 bridgehead atoms. The van der Waals surface area contributed by atoms with Crippen LogP contribution in [-0.2, 0) is 12.7 Å². The summed E-state index contributed by atoms with van der Waals surface area (Å²) in [7, 11) is 0. The van der Waals surface area contributed by atoms with Gasteiger partial charge in [0.1, 0.15) is 0 Å². The van der Waals surface area contributed by atoms with E-state index in [2.05, 4.69) is 0 Å². The van der Waals surface area contributed by atoms with Crippen molar-refractivity contribution in [2.24, 2.45) is 0 Å². The molecule has 0 N–H and O–H groups in total. The zero-order valence-corrected chi connectivity index (χ0v) is 17.8. The number of alkyl halides is 3. The Morgan fingerprint density at radius 3 is 1.85 bits per heavy atom. The molecular formula is C26H21F3N2O2. The summed E-state index contributed by atoms with van der Waals surface area (Å²) in [5, 5.41) is 0. The van der Waals surface area contributed by atoms with Crippen molar-refractivity contribution >= 4 is 0 Å². The lowest BCUT2D eigenvalue weighted by Crippen LogP contribution is -2.42. The first kappa shape index (κ1) is 22.3. The third-order valence-electron chi connectivity index (χ3n) is 5.53. The van der Waals surface area contributed by atoms with Crippen LogP contribution in [0.15, 0.2) is 101 Å². The van der Waals surface area contributed by atoms with Crippen molar-refractivity contribution < 1.29 is 13.2 Å². The van der Waals surface area contributed by atoms with Gasteiger partial charge in [0.2, 0.25) is 0 Å². The molecule has 1 heterocycles. The van der Waals surface area contributed by atoms with E-state index in [0.29, 0.717) is 0 Å². The highest BCUT2D eigenvalue weighted by atomic mass is 19.4. The van der Waals surface area contributed by atoms with E-state index in [4.69, 9.17) is 0 Å². The molecule has 0 unspecified atom stereocenters. The fraction of sp³-hybridized carbons (Fsp3) is 0.154. The number of hydrogen-bond acceptors (Lipinski definition) is 2. The van der Waals surface area contributed by atoms with E-state index < -0.39 is 35.6 Å². The standard InChI is InChI=1S/C26H21F3N2O2/c1-18-16-30(23(19-10-4-2-5-11-19)20-12-6-3-7-13-20)25(33)31(24(18)32)17-21-14-8-9-15-22(21)26(27,28)29/h2-16,23H,17H2,1H3. The van der Waals surface area contributed by atoms with Crippen molar-refractivity contribution in [1.82, 2.24) is 9.13 Å². The molecular weight excluding hydrogens is 429 g/mol. The smallest absolute Gasteiger partial charge is 0.289 e. The maximum Gasteiger partial charge on any atom is 0.416 e. The van der Waals surface area contributed by atoms with Gasteiger partial charge in [-0.15, -0.1) is 0 Å². The average Bonchev–Trinajstić information content (AvgIpc) is 2.81. The summed E-state index contributed by atoms with van der Waals surface area (Å²) in [6.07, 6.45) is -3.12. The molecule has 0 atom stereocenters. The van der Waals surface area contributed by atoms with Gasteiger partial charge in [0.05, 0.1) is 18.2 Å². The van der Waals surface area contributed by atoms with Gasteiger partial charge in [0.15, 0.2) is 0 Å². The van der Waals surface area contributed by atoms with E-state index in [1.807, 2.05) is 60.7 Å². The molecule has 168 valence electrons. The molecule has 3 aromatic carbocycles. The molecule has 0 aliphatic carbocycles. The summed E-state index contributed by atoms with van der Waals surface area (Å²) in [5.41, 5.74) is -0.425. The second-order valence-electron chi connectivity index (χ2n) is 7.77. The van der Waals surface area contributed by atoms with Gasteiger partial charge in [0.25, 0.3) is 5.56 Å². The van der Waals surface area contributed by atoms with Crippen molar-refractivity contribution in [3.8, 4) is 0 Å². The number of aryl methyl sites for hydroxylation is 1. The lowest BCUT2D eigenvalue weighted by Gasteiger charge is -2.23. The lowest BCUT2D eigenvalue weighted by molar-refractivity contribution is -0.138. The fourth-order valence-corrected chi connectivity index (χ4v) is 3.97. The first-order valence-corrected chi connectivity index (χ1v) is 10.3. The predicted molar refractivity (Wildman–Crippen MR) is 120 cm³/mol. The molecule has 0 amide bonds. The Kier molecular flexibility index (Phi) is 6.05. The number of aromatic nitrogens is 2. The van der Waals surface area contributed by atoms with Gasteiger partial charge < -0.3 is 0 Å². The molecule has 0 aliphatic rings. The minimum Gasteiger partial charge on any atom is -0.289 e. The number of halogens is 3. The summed E-state index contributed by atoms with van der Waals surface area (Å²) in [6.45, 7) is 1.07. The highest BCUT2D eigenvalue weighted by Crippen LogP contribution is 2.32. The van der Waals surface area contributed by atoms with E-state index in [9.17, 15) is 22.8 Å². The van der Waals surface area contributed by atoms with Gasteiger partial charge in [-0.25, -0.2) is 4.79 Å². The largest absolute Gasteiger partial charge is 0.416 e. The van der Waals surface area contributed by atoms with Crippen LogP contribution < -0.4 is 11.2 Å². The zero-order chi connectivity index (χ0) is 23.6. The molecule has 0 radical (unpaired) electrons. The summed E-state index contributed by atoms with van der Waals surface area (Å²) in [4.78, 5) is 26.4. The van der Waals surface area contributed by atoms with Crippen LogP contribution in [0.1, 0.15) is 33.9 Å². The zero-order valence-electron chi connectivity index (χ0n) is 17.8. The predicted octanol–water partition coefficient (Wildman–Crippen LogP) is 5.02. The molecule has 4 aromatic rings. The maximum absolute atomic E-state index is 13.5. The number of nitrogens with zero attached hydrogens (tertiary/aromatic N) is 2. The monoisotopic (exact) mass is 450 g/mol. The van der Waals surface area contributed by atoms with E-state index in [1.54, 1.807) is 6.92 Å². The van der Waals surface area contributed by atoms with Crippen LogP contribution in [0, 0.1) is 6.92 Å². The van der Waals surface area contributed by atoms with Gasteiger partial charge in [-0.2, -0.15) is 13.2 Å². The number of hydrogen-bond donors (Lipinski definition) is 0. The van der Waals surface area contributed by atoms with Crippen LogP contribution in [0.5, 0.6) is 0 Å². The van der Waals surface area contributed by atoms with Gasteiger partial charge in [-0.05, 0) is 29.7 Å². The minimum atomic E-state index is -4.60. The third kappa shape index (κ3) is 4.53. The molecule has 0 saturated carbocycles. The van der Waals surface area contributed by atoms with Crippen molar-refractivity contribution in [3.63, 3.8) is 0 Å². The summed E-state index contributed by atoms with van der Waals surface area (Å²) in [5.74, 6) is 0. The van der Waals surface area contributed by atoms with E-state index in [0.717, 1.165) is 21.8 Å². The SMILES string of the molecule is Cc1cn(C(c2ccccc2)c2ccccc2)c(=O)n(Cc2ccccc2C(F)(F)F)c1=O. The topological polar surface area (TPSA) is 44.0 Å². The van der Waals surface area contributed by atoms with Crippen LogP contribution in [0.3, 0.4) is 0 Å². The molecule has 4 rings (SSSR count). The van der Waals surface area contributed by atoms with Gasteiger partial charge in [0, 0.05) is 11.8 Å². The normalized spacial score (nSPS) is 11.7. The van der Waals surface area contributed by atoms with Crippen molar-refractivity contribution in [2.75, 3.05) is 0 Å². The molecule has 1 aromatic heterocycles. The summed E-state index contributed by atoms with van der Waals surface area (Å²) < 4.78 is 42.8. The van der Waals surface area contributed by atoms with E-state index in [1.165, 1.54) is 29.0 Å². The van der Waals surface area contributed by atoms with Gasteiger partial charge in [-0.3, -0.25) is 13.9 Å². The number of benzene rings is 3. The Hall–Kier alpha value is -3.87. The average molecular weight is 450 g/mol. The third-order valence-corrected chi connectivity index (χ3v) is 5.53. The highest BCUT2D eigenvalue weighted by molar-refractivity contribution is 5.34.